The first-order chi connectivity index (χ1) is 7.24. The van der Waals surface area contributed by atoms with Crippen LogP contribution in [0.5, 0.6) is 0 Å². The van der Waals surface area contributed by atoms with Gasteiger partial charge in [0.1, 0.15) is 0 Å². The smallest absolute Gasteiger partial charge is 0.0361 e. The van der Waals surface area contributed by atoms with Gasteiger partial charge in [-0.3, -0.25) is 0 Å². The summed E-state index contributed by atoms with van der Waals surface area (Å²) in [4.78, 5) is 0. The molecule has 1 heterocycles. The highest BCUT2D eigenvalue weighted by Gasteiger charge is 2.02. The Labute approximate surface area is 93.0 Å². The highest BCUT2D eigenvalue weighted by atomic mass is 15.0. The summed E-state index contributed by atoms with van der Waals surface area (Å²) in [6.45, 7) is 6.93. The van der Waals surface area contributed by atoms with Crippen LogP contribution in [-0.2, 0) is 13.6 Å². The zero-order valence-electron chi connectivity index (χ0n) is 9.87. The van der Waals surface area contributed by atoms with Crippen LogP contribution in [0.4, 0.5) is 0 Å². The first kappa shape index (κ1) is 12.1. The van der Waals surface area contributed by atoms with E-state index < -0.39 is 0 Å². The van der Waals surface area contributed by atoms with E-state index in [0.717, 1.165) is 13.0 Å². The maximum absolute atomic E-state index is 3.73. The minimum Gasteiger partial charge on any atom is -0.353 e. The molecule has 0 aromatic carbocycles. The summed E-state index contributed by atoms with van der Waals surface area (Å²) in [6, 6.07) is 4.82. The first-order valence-electron chi connectivity index (χ1n) is 5.68. The molecule has 1 atom stereocenters. The number of aryl methyl sites for hydroxylation is 1. The highest BCUT2D eigenvalue weighted by molar-refractivity contribution is 5.06. The van der Waals surface area contributed by atoms with Crippen LogP contribution in [0.25, 0.3) is 0 Å². The number of unbranched alkanes of at least 4 members (excludes halogenated alkanes) is 1. The van der Waals surface area contributed by atoms with Crippen LogP contribution in [0, 0.1) is 0 Å². The number of hydrogen-bond donors (Lipinski definition) is 1. The van der Waals surface area contributed by atoms with E-state index in [1.807, 2.05) is 6.08 Å². The Kier molecular flexibility index (Phi) is 5.19. The third-order valence-electron chi connectivity index (χ3n) is 2.73. The lowest BCUT2D eigenvalue weighted by Crippen LogP contribution is -2.26. The van der Waals surface area contributed by atoms with Crippen LogP contribution in [0.15, 0.2) is 31.0 Å². The summed E-state index contributed by atoms with van der Waals surface area (Å²) >= 11 is 0. The number of rotatable bonds is 7. The molecule has 0 radical (unpaired) electrons. The Bertz CT molecular complexity index is 288. The largest absolute Gasteiger partial charge is 0.353 e. The summed E-state index contributed by atoms with van der Waals surface area (Å²) in [5, 5.41) is 3.53. The van der Waals surface area contributed by atoms with Crippen molar-refractivity contribution in [2.24, 2.45) is 7.05 Å². The van der Waals surface area contributed by atoms with E-state index in [1.54, 1.807) is 0 Å². The molecule has 84 valence electrons. The van der Waals surface area contributed by atoms with Crippen molar-refractivity contribution in [3.8, 4) is 0 Å². The van der Waals surface area contributed by atoms with Gasteiger partial charge < -0.3 is 9.88 Å². The quantitative estimate of drug-likeness (QED) is 0.536. The molecule has 0 aliphatic rings. The molecule has 1 unspecified atom stereocenters. The average Bonchev–Trinajstić information content (AvgIpc) is 2.61. The second-order valence-corrected chi connectivity index (χ2v) is 4.11. The molecule has 0 fully saturated rings. The van der Waals surface area contributed by atoms with Gasteiger partial charge in [0.2, 0.25) is 0 Å². The Morgan fingerprint density at radius 1 is 1.60 bits per heavy atom. The molecule has 0 spiro atoms. The maximum Gasteiger partial charge on any atom is 0.0361 e. The molecule has 0 amide bonds. The van der Waals surface area contributed by atoms with E-state index in [-0.39, 0.29) is 0 Å². The molecule has 0 saturated carbocycles. The van der Waals surface area contributed by atoms with Crippen LogP contribution in [0.3, 0.4) is 0 Å². The molecule has 2 heteroatoms. The Morgan fingerprint density at radius 2 is 2.40 bits per heavy atom. The number of nitrogens with one attached hydrogen (secondary N) is 1. The van der Waals surface area contributed by atoms with Gasteiger partial charge in [0.05, 0.1) is 0 Å². The van der Waals surface area contributed by atoms with Crippen LogP contribution in [0.2, 0.25) is 0 Å². The molecule has 15 heavy (non-hydrogen) atoms. The van der Waals surface area contributed by atoms with Gasteiger partial charge in [-0.1, -0.05) is 6.08 Å². The molecular weight excluding hydrogens is 184 g/mol. The minimum absolute atomic E-state index is 0.583. The fraction of sp³-hybridized carbons (Fsp3) is 0.538. The molecule has 0 bridgehead atoms. The average molecular weight is 206 g/mol. The monoisotopic (exact) mass is 206 g/mol. The van der Waals surface area contributed by atoms with E-state index in [0.29, 0.717) is 6.04 Å². The predicted octanol–water partition coefficient (Wildman–Crippen LogP) is 2.86. The van der Waals surface area contributed by atoms with Gasteiger partial charge in [-0.05, 0) is 38.3 Å². The van der Waals surface area contributed by atoms with Crippen molar-refractivity contribution in [1.82, 2.24) is 9.88 Å². The molecule has 1 N–H and O–H groups in total. The Morgan fingerprint density at radius 3 is 3.00 bits per heavy atom. The zero-order valence-corrected chi connectivity index (χ0v) is 9.87. The fourth-order valence-corrected chi connectivity index (χ4v) is 1.63. The standard InChI is InChI=1S/C13H22N2/c1-4-5-6-8-12(2)14-11-13-9-7-10-15(13)3/h4,7,9-10,12,14H,1,5-6,8,11H2,2-3H3. The second-order valence-electron chi connectivity index (χ2n) is 4.11. The normalized spacial score (nSPS) is 12.7. The van der Waals surface area contributed by atoms with Crippen LogP contribution >= 0.6 is 0 Å². The lowest BCUT2D eigenvalue weighted by atomic mass is 10.1. The van der Waals surface area contributed by atoms with Crippen molar-refractivity contribution in [2.75, 3.05) is 0 Å². The third-order valence-corrected chi connectivity index (χ3v) is 2.73. The molecule has 1 aromatic heterocycles. The topological polar surface area (TPSA) is 17.0 Å². The van der Waals surface area contributed by atoms with Crippen molar-refractivity contribution < 1.29 is 0 Å². The predicted molar refractivity (Wildman–Crippen MR) is 65.8 cm³/mol. The lowest BCUT2D eigenvalue weighted by molar-refractivity contribution is 0.492. The summed E-state index contributed by atoms with van der Waals surface area (Å²) in [5.74, 6) is 0. The van der Waals surface area contributed by atoms with Gasteiger partial charge in [-0.15, -0.1) is 6.58 Å². The van der Waals surface area contributed by atoms with Crippen molar-refractivity contribution in [3.05, 3.63) is 36.7 Å². The number of aromatic nitrogens is 1. The summed E-state index contributed by atoms with van der Waals surface area (Å²) in [6.07, 6.45) is 7.64. The SMILES string of the molecule is C=CCCCC(C)NCc1cccn1C. The number of allylic oxidation sites excluding steroid dienone is 1. The first-order valence-corrected chi connectivity index (χ1v) is 5.68. The van der Waals surface area contributed by atoms with E-state index in [1.165, 1.54) is 18.5 Å². The van der Waals surface area contributed by atoms with Crippen molar-refractivity contribution in [3.63, 3.8) is 0 Å². The molecular formula is C13H22N2. The summed E-state index contributed by atoms with van der Waals surface area (Å²) in [7, 11) is 2.08. The van der Waals surface area contributed by atoms with E-state index in [2.05, 4.69) is 48.8 Å². The fourth-order valence-electron chi connectivity index (χ4n) is 1.63. The molecule has 2 nitrogen and oxygen atoms in total. The zero-order chi connectivity index (χ0) is 11.1. The number of nitrogens with zero attached hydrogens (tertiary/aromatic N) is 1. The van der Waals surface area contributed by atoms with Crippen LogP contribution in [-0.4, -0.2) is 10.6 Å². The summed E-state index contributed by atoms with van der Waals surface area (Å²) < 4.78 is 2.16. The highest BCUT2D eigenvalue weighted by Crippen LogP contribution is 2.03. The van der Waals surface area contributed by atoms with Gasteiger partial charge >= 0.3 is 0 Å². The maximum atomic E-state index is 3.73. The Hall–Kier alpha value is -1.02. The van der Waals surface area contributed by atoms with Gasteiger partial charge in [0.25, 0.3) is 0 Å². The molecule has 0 saturated heterocycles. The van der Waals surface area contributed by atoms with Crippen LogP contribution in [0.1, 0.15) is 31.9 Å². The van der Waals surface area contributed by atoms with E-state index in [4.69, 9.17) is 0 Å². The van der Waals surface area contributed by atoms with E-state index in [9.17, 15) is 0 Å². The van der Waals surface area contributed by atoms with Gasteiger partial charge in [0, 0.05) is 31.5 Å². The lowest BCUT2D eigenvalue weighted by Gasteiger charge is -2.13. The van der Waals surface area contributed by atoms with Crippen LogP contribution < -0.4 is 5.32 Å². The van der Waals surface area contributed by atoms with Crippen molar-refractivity contribution in [2.45, 2.75) is 38.8 Å². The minimum atomic E-state index is 0.583. The summed E-state index contributed by atoms with van der Waals surface area (Å²) in [5.41, 5.74) is 1.34. The third kappa shape index (κ3) is 4.34. The molecule has 0 aliphatic carbocycles. The van der Waals surface area contributed by atoms with Gasteiger partial charge in [-0.25, -0.2) is 0 Å². The number of hydrogen-bond acceptors (Lipinski definition) is 1. The van der Waals surface area contributed by atoms with Gasteiger partial charge in [-0.2, -0.15) is 0 Å². The van der Waals surface area contributed by atoms with Gasteiger partial charge in [0.15, 0.2) is 0 Å². The van der Waals surface area contributed by atoms with Crippen molar-refractivity contribution >= 4 is 0 Å². The second kappa shape index (κ2) is 6.46. The Balaban J connectivity index is 2.19. The molecule has 1 aromatic rings. The molecule has 0 aliphatic heterocycles. The van der Waals surface area contributed by atoms with Crippen molar-refractivity contribution in [1.29, 1.82) is 0 Å². The molecule has 1 rings (SSSR count). The van der Waals surface area contributed by atoms with E-state index >= 15 is 0 Å².